The monoisotopic (exact) mass is 497 g/mol. The van der Waals surface area contributed by atoms with E-state index in [0.29, 0.717) is 24.3 Å². The molecule has 0 radical (unpaired) electrons. The topological polar surface area (TPSA) is 56.8 Å². The second-order valence-corrected chi connectivity index (χ2v) is 9.23. The van der Waals surface area contributed by atoms with Gasteiger partial charge in [-0.15, -0.1) is 0 Å². The van der Waals surface area contributed by atoms with Crippen molar-refractivity contribution >= 4 is 16.7 Å². The van der Waals surface area contributed by atoms with Gasteiger partial charge in [0.1, 0.15) is 23.2 Å². The Balaban J connectivity index is 1.59. The molecule has 1 aliphatic rings. The van der Waals surface area contributed by atoms with Crippen molar-refractivity contribution in [3.63, 3.8) is 0 Å². The Kier molecular flexibility index (Phi) is 8.47. The van der Waals surface area contributed by atoms with Crippen LogP contribution in [-0.2, 0) is 14.3 Å². The summed E-state index contributed by atoms with van der Waals surface area (Å²) in [6, 6.07) is 23.0. The van der Waals surface area contributed by atoms with Gasteiger partial charge in [-0.1, -0.05) is 73.3 Å². The first-order valence-electron chi connectivity index (χ1n) is 12.6. The zero-order valence-corrected chi connectivity index (χ0v) is 22.0. The Morgan fingerprint density at radius 3 is 2.57 bits per heavy atom. The maximum Gasteiger partial charge on any atom is 0.341 e. The molecule has 1 N–H and O–H groups in total. The van der Waals surface area contributed by atoms with Gasteiger partial charge in [0.25, 0.3) is 0 Å². The molecule has 192 valence electrons. The van der Waals surface area contributed by atoms with Gasteiger partial charge < -0.3 is 19.5 Å². The summed E-state index contributed by atoms with van der Waals surface area (Å²) in [7, 11) is 2.92. The number of esters is 1. The number of benzene rings is 3. The molecule has 5 nitrogen and oxygen atoms in total. The Labute approximate surface area is 219 Å². The fourth-order valence-corrected chi connectivity index (χ4v) is 5.08. The van der Waals surface area contributed by atoms with Crippen molar-refractivity contribution in [3.8, 4) is 5.75 Å². The summed E-state index contributed by atoms with van der Waals surface area (Å²) in [5, 5.41) is 6.16. The van der Waals surface area contributed by atoms with Gasteiger partial charge in [0.2, 0.25) is 0 Å². The number of carbonyl (C=O) groups is 1. The maximum absolute atomic E-state index is 12.5. The molecular formula is C32H35NO4. The fraction of sp³-hybridized carbons (Fsp3) is 0.281. The number of nitrogens with one attached hydrogen (secondary N) is 1. The summed E-state index contributed by atoms with van der Waals surface area (Å²) in [5.74, 6) is 0.719. The molecule has 3 aromatic carbocycles. The Bertz CT molecular complexity index is 1330. The molecule has 0 aliphatic carbocycles. The van der Waals surface area contributed by atoms with Crippen molar-refractivity contribution < 1.29 is 19.0 Å². The summed E-state index contributed by atoms with van der Waals surface area (Å²) < 4.78 is 17.1. The molecule has 0 aromatic heterocycles. The van der Waals surface area contributed by atoms with E-state index in [4.69, 9.17) is 14.2 Å². The third-order valence-electron chi connectivity index (χ3n) is 6.93. The van der Waals surface area contributed by atoms with Crippen molar-refractivity contribution in [1.29, 1.82) is 0 Å². The molecular weight excluding hydrogens is 462 g/mol. The lowest BCUT2D eigenvalue weighted by molar-refractivity contribution is -0.135. The molecule has 0 saturated heterocycles. The minimum atomic E-state index is -0.460. The van der Waals surface area contributed by atoms with Crippen LogP contribution in [0.3, 0.4) is 0 Å². The predicted molar refractivity (Wildman–Crippen MR) is 149 cm³/mol. The lowest BCUT2D eigenvalue weighted by Gasteiger charge is -2.34. The number of rotatable bonds is 9. The van der Waals surface area contributed by atoms with Gasteiger partial charge >= 0.3 is 5.97 Å². The number of hydrogen-bond donors (Lipinski definition) is 1. The number of hydrogen-bond acceptors (Lipinski definition) is 5. The second kappa shape index (κ2) is 11.9. The normalized spacial score (nSPS) is 18.5. The van der Waals surface area contributed by atoms with Crippen LogP contribution >= 0.6 is 0 Å². The fourth-order valence-electron chi connectivity index (χ4n) is 5.08. The first kappa shape index (κ1) is 26.2. The molecule has 0 amide bonds. The molecule has 0 saturated carbocycles. The molecule has 37 heavy (non-hydrogen) atoms. The van der Waals surface area contributed by atoms with Crippen molar-refractivity contribution in [2.45, 2.75) is 38.3 Å². The maximum atomic E-state index is 12.5. The van der Waals surface area contributed by atoms with Gasteiger partial charge in [-0.25, -0.2) is 4.79 Å². The first-order valence-corrected chi connectivity index (χ1v) is 12.6. The number of carbonyl (C=O) groups excluding carboxylic acids is 1. The molecule has 0 fully saturated rings. The zero-order chi connectivity index (χ0) is 26.4. The Morgan fingerprint density at radius 2 is 1.81 bits per heavy atom. The van der Waals surface area contributed by atoms with Crippen LogP contribution < -0.4 is 10.1 Å². The van der Waals surface area contributed by atoms with E-state index in [9.17, 15) is 4.79 Å². The van der Waals surface area contributed by atoms with Gasteiger partial charge in [0, 0.05) is 24.1 Å². The smallest absolute Gasteiger partial charge is 0.341 e. The highest BCUT2D eigenvalue weighted by atomic mass is 16.5. The molecule has 1 heterocycles. The van der Waals surface area contributed by atoms with Crippen LogP contribution in [0.1, 0.15) is 43.4 Å². The van der Waals surface area contributed by atoms with Crippen molar-refractivity contribution in [2.24, 2.45) is 0 Å². The summed E-state index contributed by atoms with van der Waals surface area (Å²) >= 11 is 0. The van der Waals surface area contributed by atoms with Crippen LogP contribution in [0.2, 0.25) is 0 Å². The summed E-state index contributed by atoms with van der Waals surface area (Å²) in [6.07, 6.45) is 4.10. The minimum Gasteiger partial charge on any atom is -0.496 e. The van der Waals surface area contributed by atoms with Gasteiger partial charge in [-0.3, -0.25) is 0 Å². The van der Waals surface area contributed by atoms with Crippen LogP contribution in [0.25, 0.3) is 10.8 Å². The zero-order valence-electron chi connectivity index (χ0n) is 22.0. The number of para-hydroxylation sites is 1. The average molecular weight is 498 g/mol. The van der Waals surface area contributed by atoms with Crippen LogP contribution in [-0.4, -0.2) is 32.8 Å². The van der Waals surface area contributed by atoms with Crippen LogP contribution in [0.5, 0.6) is 5.75 Å². The second-order valence-electron chi connectivity index (χ2n) is 9.23. The lowest BCUT2D eigenvalue weighted by atomic mass is 9.82. The molecule has 3 atom stereocenters. The largest absolute Gasteiger partial charge is 0.496 e. The van der Waals surface area contributed by atoms with E-state index in [1.165, 1.54) is 23.4 Å². The number of methoxy groups -OCH3 is 2. The van der Waals surface area contributed by atoms with Crippen molar-refractivity contribution in [2.75, 3.05) is 20.8 Å². The molecule has 0 bridgehead atoms. The third kappa shape index (κ3) is 5.62. The molecule has 0 unspecified atom stereocenters. The van der Waals surface area contributed by atoms with Gasteiger partial charge in [0.15, 0.2) is 0 Å². The van der Waals surface area contributed by atoms with E-state index in [0.717, 1.165) is 16.9 Å². The summed E-state index contributed by atoms with van der Waals surface area (Å²) in [6.45, 7) is 9.07. The molecule has 5 heteroatoms. The van der Waals surface area contributed by atoms with E-state index in [1.807, 2.05) is 31.2 Å². The van der Waals surface area contributed by atoms with Crippen LogP contribution in [0, 0.1) is 0 Å². The van der Waals surface area contributed by atoms with Crippen LogP contribution in [0.4, 0.5) is 0 Å². The minimum absolute atomic E-state index is 0.0792. The lowest BCUT2D eigenvalue weighted by Crippen LogP contribution is -2.37. The molecule has 3 aromatic rings. The quantitative estimate of drug-likeness (QED) is 0.156. The van der Waals surface area contributed by atoms with E-state index >= 15 is 0 Å². The molecule has 4 rings (SSSR count). The highest BCUT2D eigenvalue weighted by Crippen LogP contribution is 2.43. The van der Waals surface area contributed by atoms with E-state index in [2.05, 4.69) is 61.3 Å². The van der Waals surface area contributed by atoms with E-state index in [-0.39, 0.29) is 18.1 Å². The average Bonchev–Trinajstić information content (AvgIpc) is 2.94. The highest BCUT2D eigenvalue weighted by molar-refractivity contribution is 5.93. The van der Waals surface area contributed by atoms with E-state index in [1.54, 1.807) is 19.3 Å². The van der Waals surface area contributed by atoms with Gasteiger partial charge in [-0.2, -0.15) is 0 Å². The Morgan fingerprint density at radius 1 is 1.08 bits per heavy atom. The first-order chi connectivity index (χ1) is 18.0. The summed E-state index contributed by atoms with van der Waals surface area (Å²) in [5.41, 5.74) is 3.36. The number of fused-ring (bicyclic) bond motifs is 2. The van der Waals surface area contributed by atoms with Gasteiger partial charge in [-0.05, 0) is 54.3 Å². The van der Waals surface area contributed by atoms with Crippen molar-refractivity contribution in [1.82, 2.24) is 5.32 Å². The SMILES string of the molecule is C=C(/C(OC)=C(\C=C/C)C(=O)OC)[C@@H]1C[C@H](CN[C@H](C)c2cccc3ccccc23)Oc2ccccc21. The third-order valence-corrected chi connectivity index (χ3v) is 6.93. The number of ether oxygens (including phenoxy) is 3. The standard InChI is InChI=1S/C32H35NO4/c1-6-12-28(32(34)36-5)31(35-4)21(2)29-19-24(37-30-18-10-9-16-27(29)30)20-33-22(3)25-17-11-14-23-13-7-8-15-26(23)25/h6-18,22,24,29,33H,2,19-20H2,1,3-5H3/b12-6-,31-28-/t22-,24-,29+/m1/s1. The molecule has 0 spiro atoms. The van der Waals surface area contributed by atoms with Crippen LogP contribution in [0.15, 0.2) is 102 Å². The van der Waals surface area contributed by atoms with Gasteiger partial charge in [0.05, 0.1) is 14.2 Å². The van der Waals surface area contributed by atoms with E-state index < -0.39 is 5.97 Å². The van der Waals surface area contributed by atoms with Crippen molar-refractivity contribution in [3.05, 3.63) is 113 Å². The highest BCUT2D eigenvalue weighted by Gasteiger charge is 2.33. The summed E-state index contributed by atoms with van der Waals surface area (Å²) in [4.78, 5) is 12.5. The molecule has 1 aliphatic heterocycles. The number of allylic oxidation sites excluding steroid dienone is 2. The predicted octanol–water partition coefficient (Wildman–Crippen LogP) is 6.63. The Hall–Kier alpha value is -3.83.